The molecule has 1 aromatic carbocycles. The highest BCUT2D eigenvalue weighted by Crippen LogP contribution is 2.09. The summed E-state index contributed by atoms with van der Waals surface area (Å²) in [4.78, 5) is 14.5. The second-order valence-electron chi connectivity index (χ2n) is 5.58. The molecule has 1 atom stereocenters. The molecular formula is C16H25N3O. The van der Waals surface area contributed by atoms with E-state index in [9.17, 15) is 4.79 Å². The molecule has 2 rings (SSSR count). The van der Waals surface area contributed by atoms with Crippen LogP contribution in [0.25, 0.3) is 0 Å². The summed E-state index contributed by atoms with van der Waals surface area (Å²) in [6.45, 7) is 8.24. The average molecular weight is 275 g/mol. The highest BCUT2D eigenvalue weighted by atomic mass is 16.2. The van der Waals surface area contributed by atoms with Crippen LogP contribution in [0.1, 0.15) is 25.3 Å². The SMILES string of the molecule is Cc1ccc(NC(=O)C(C)NCCN2CCCC2)cc1. The number of rotatable bonds is 6. The van der Waals surface area contributed by atoms with Crippen molar-refractivity contribution in [3.63, 3.8) is 0 Å². The molecule has 4 heteroatoms. The van der Waals surface area contributed by atoms with Crippen molar-refractivity contribution in [2.75, 3.05) is 31.5 Å². The molecule has 110 valence electrons. The Hall–Kier alpha value is -1.39. The van der Waals surface area contributed by atoms with Crippen molar-refractivity contribution >= 4 is 11.6 Å². The molecule has 1 aromatic rings. The first-order chi connectivity index (χ1) is 9.65. The lowest BCUT2D eigenvalue weighted by Gasteiger charge is -2.18. The van der Waals surface area contributed by atoms with E-state index in [1.54, 1.807) is 0 Å². The molecule has 4 nitrogen and oxygen atoms in total. The molecule has 1 aliphatic heterocycles. The number of hydrogen-bond acceptors (Lipinski definition) is 3. The van der Waals surface area contributed by atoms with Gasteiger partial charge in [-0.2, -0.15) is 0 Å². The molecule has 1 fully saturated rings. The predicted molar refractivity (Wildman–Crippen MR) is 82.9 cm³/mol. The average Bonchev–Trinajstić information content (AvgIpc) is 2.94. The maximum absolute atomic E-state index is 12.0. The fourth-order valence-electron chi connectivity index (χ4n) is 2.43. The molecular weight excluding hydrogens is 250 g/mol. The summed E-state index contributed by atoms with van der Waals surface area (Å²) in [5.41, 5.74) is 2.05. The summed E-state index contributed by atoms with van der Waals surface area (Å²) in [7, 11) is 0. The number of amides is 1. The topological polar surface area (TPSA) is 44.4 Å². The van der Waals surface area contributed by atoms with Crippen LogP contribution in [0.4, 0.5) is 5.69 Å². The van der Waals surface area contributed by atoms with E-state index >= 15 is 0 Å². The quantitative estimate of drug-likeness (QED) is 0.834. The molecule has 1 aliphatic rings. The molecule has 1 unspecified atom stereocenters. The van der Waals surface area contributed by atoms with Crippen molar-refractivity contribution in [2.45, 2.75) is 32.7 Å². The minimum atomic E-state index is -0.168. The summed E-state index contributed by atoms with van der Waals surface area (Å²) in [6.07, 6.45) is 2.62. The van der Waals surface area contributed by atoms with Gasteiger partial charge < -0.3 is 15.5 Å². The number of carbonyl (C=O) groups is 1. The molecule has 2 N–H and O–H groups in total. The summed E-state index contributed by atoms with van der Waals surface area (Å²) in [5, 5.41) is 6.22. The smallest absolute Gasteiger partial charge is 0.241 e. The molecule has 0 radical (unpaired) electrons. The molecule has 0 bridgehead atoms. The molecule has 0 aliphatic carbocycles. The minimum absolute atomic E-state index is 0.0234. The zero-order chi connectivity index (χ0) is 14.4. The third-order valence-corrected chi connectivity index (χ3v) is 3.79. The fourth-order valence-corrected chi connectivity index (χ4v) is 2.43. The second-order valence-corrected chi connectivity index (χ2v) is 5.58. The van der Waals surface area contributed by atoms with E-state index in [1.807, 2.05) is 38.1 Å². The van der Waals surface area contributed by atoms with Crippen LogP contribution in [-0.2, 0) is 4.79 Å². The van der Waals surface area contributed by atoms with Gasteiger partial charge in [0.05, 0.1) is 6.04 Å². The van der Waals surface area contributed by atoms with Crippen molar-refractivity contribution in [1.29, 1.82) is 0 Å². The van der Waals surface area contributed by atoms with Gasteiger partial charge in [-0.05, 0) is 51.9 Å². The zero-order valence-electron chi connectivity index (χ0n) is 12.5. The molecule has 1 saturated heterocycles. The highest BCUT2D eigenvalue weighted by Gasteiger charge is 2.14. The first kappa shape index (κ1) is 15.0. The monoisotopic (exact) mass is 275 g/mol. The van der Waals surface area contributed by atoms with Crippen LogP contribution < -0.4 is 10.6 Å². The second kappa shape index (κ2) is 7.41. The Bertz CT molecular complexity index is 424. The lowest BCUT2D eigenvalue weighted by atomic mass is 10.2. The third kappa shape index (κ3) is 4.62. The van der Waals surface area contributed by atoms with Crippen LogP contribution in [-0.4, -0.2) is 43.0 Å². The van der Waals surface area contributed by atoms with Gasteiger partial charge in [0.15, 0.2) is 0 Å². The van der Waals surface area contributed by atoms with Gasteiger partial charge in [0.1, 0.15) is 0 Å². The van der Waals surface area contributed by atoms with Crippen molar-refractivity contribution in [3.05, 3.63) is 29.8 Å². The van der Waals surface area contributed by atoms with E-state index in [-0.39, 0.29) is 11.9 Å². The molecule has 1 heterocycles. The molecule has 1 amide bonds. The Morgan fingerprint density at radius 3 is 2.55 bits per heavy atom. The Morgan fingerprint density at radius 2 is 1.90 bits per heavy atom. The number of nitrogens with one attached hydrogen (secondary N) is 2. The number of anilines is 1. The summed E-state index contributed by atoms with van der Waals surface area (Å²) >= 11 is 0. The van der Waals surface area contributed by atoms with Crippen LogP contribution in [0.3, 0.4) is 0 Å². The zero-order valence-corrected chi connectivity index (χ0v) is 12.5. The van der Waals surface area contributed by atoms with E-state index in [4.69, 9.17) is 0 Å². The number of carbonyl (C=O) groups excluding carboxylic acids is 1. The molecule has 0 aromatic heterocycles. The minimum Gasteiger partial charge on any atom is -0.325 e. The largest absolute Gasteiger partial charge is 0.325 e. The van der Waals surface area contributed by atoms with Crippen molar-refractivity contribution in [1.82, 2.24) is 10.2 Å². The predicted octanol–water partition coefficient (Wildman–Crippen LogP) is 2.01. The first-order valence-electron chi connectivity index (χ1n) is 7.48. The fraction of sp³-hybridized carbons (Fsp3) is 0.562. The molecule has 0 saturated carbocycles. The van der Waals surface area contributed by atoms with Gasteiger partial charge in [-0.25, -0.2) is 0 Å². The van der Waals surface area contributed by atoms with Gasteiger partial charge in [0, 0.05) is 18.8 Å². The van der Waals surface area contributed by atoms with E-state index in [1.165, 1.54) is 31.5 Å². The Morgan fingerprint density at radius 1 is 1.25 bits per heavy atom. The Labute approximate surface area is 121 Å². The van der Waals surface area contributed by atoms with E-state index in [0.717, 1.165) is 18.8 Å². The van der Waals surface area contributed by atoms with Gasteiger partial charge >= 0.3 is 0 Å². The van der Waals surface area contributed by atoms with Gasteiger partial charge in [-0.3, -0.25) is 4.79 Å². The Balaban J connectivity index is 1.69. The van der Waals surface area contributed by atoms with E-state index in [2.05, 4.69) is 15.5 Å². The van der Waals surface area contributed by atoms with Crippen LogP contribution in [0.5, 0.6) is 0 Å². The molecule has 0 spiro atoms. The van der Waals surface area contributed by atoms with Crippen LogP contribution in [0, 0.1) is 6.92 Å². The first-order valence-corrected chi connectivity index (χ1v) is 7.48. The normalized spacial score (nSPS) is 17.1. The maximum atomic E-state index is 12.0. The van der Waals surface area contributed by atoms with E-state index in [0.29, 0.717) is 0 Å². The van der Waals surface area contributed by atoms with Crippen molar-refractivity contribution in [2.24, 2.45) is 0 Å². The maximum Gasteiger partial charge on any atom is 0.241 e. The number of nitrogens with zero attached hydrogens (tertiary/aromatic N) is 1. The summed E-state index contributed by atoms with van der Waals surface area (Å²) in [6, 6.07) is 7.70. The van der Waals surface area contributed by atoms with Gasteiger partial charge in [0.25, 0.3) is 0 Å². The lowest BCUT2D eigenvalue weighted by molar-refractivity contribution is -0.117. The van der Waals surface area contributed by atoms with Crippen LogP contribution in [0.2, 0.25) is 0 Å². The van der Waals surface area contributed by atoms with Crippen LogP contribution >= 0.6 is 0 Å². The van der Waals surface area contributed by atoms with E-state index < -0.39 is 0 Å². The number of likely N-dealkylation sites (tertiary alicyclic amines) is 1. The van der Waals surface area contributed by atoms with Gasteiger partial charge in [-0.1, -0.05) is 17.7 Å². The van der Waals surface area contributed by atoms with Gasteiger partial charge in [-0.15, -0.1) is 0 Å². The standard InChI is InChI=1S/C16H25N3O/c1-13-5-7-15(8-6-13)18-16(20)14(2)17-9-12-19-10-3-4-11-19/h5-8,14,17H,3-4,9-12H2,1-2H3,(H,18,20). The molecule has 20 heavy (non-hydrogen) atoms. The Kier molecular flexibility index (Phi) is 5.56. The third-order valence-electron chi connectivity index (χ3n) is 3.79. The number of benzene rings is 1. The summed E-state index contributed by atoms with van der Waals surface area (Å²) in [5.74, 6) is 0.0234. The number of aryl methyl sites for hydroxylation is 1. The summed E-state index contributed by atoms with van der Waals surface area (Å²) < 4.78 is 0. The highest BCUT2D eigenvalue weighted by molar-refractivity contribution is 5.94. The lowest BCUT2D eigenvalue weighted by Crippen LogP contribution is -2.41. The number of hydrogen-bond donors (Lipinski definition) is 2. The van der Waals surface area contributed by atoms with Crippen LogP contribution in [0.15, 0.2) is 24.3 Å². The van der Waals surface area contributed by atoms with Crippen molar-refractivity contribution < 1.29 is 4.79 Å². The van der Waals surface area contributed by atoms with Gasteiger partial charge in [0.2, 0.25) is 5.91 Å². The van der Waals surface area contributed by atoms with Crippen molar-refractivity contribution in [3.8, 4) is 0 Å².